The predicted molar refractivity (Wildman–Crippen MR) is 113 cm³/mol. The number of nitrogens with one attached hydrogen (secondary N) is 3. The molecule has 10 heteroatoms. The molecule has 0 saturated heterocycles. The SMILES string of the molecule is Cc1ccc(C)c(S(=O)(=O)NCCNC(=O)c2ccc(S(=O)(=O)NC3CC3)cc2)c1. The third kappa shape index (κ3) is 5.66. The zero-order valence-corrected chi connectivity index (χ0v) is 18.4. The smallest absolute Gasteiger partial charge is 0.251 e. The van der Waals surface area contributed by atoms with Crippen molar-refractivity contribution < 1.29 is 21.6 Å². The van der Waals surface area contributed by atoms with E-state index in [1.807, 2.05) is 13.0 Å². The van der Waals surface area contributed by atoms with Gasteiger partial charge in [0.25, 0.3) is 5.91 Å². The fourth-order valence-electron chi connectivity index (χ4n) is 2.81. The first-order chi connectivity index (χ1) is 14.1. The van der Waals surface area contributed by atoms with Crippen LogP contribution in [0.3, 0.4) is 0 Å². The Kier molecular flexibility index (Phi) is 6.61. The van der Waals surface area contributed by atoms with Crippen LogP contribution in [0.5, 0.6) is 0 Å². The summed E-state index contributed by atoms with van der Waals surface area (Å²) in [5, 5.41) is 2.62. The monoisotopic (exact) mass is 451 g/mol. The van der Waals surface area contributed by atoms with Crippen LogP contribution in [0.25, 0.3) is 0 Å². The molecule has 30 heavy (non-hydrogen) atoms. The number of hydrogen-bond donors (Lipinski definition) is 3. The minimum atomic E-state index is -3.68. The molecule has 0 aliphatic heterocycles. The number of amides is 1. The minimum Gasteiger partial charge on any atom is -0.351 e. The quantitative estimate of drug-likeness (QED) is 0.498. The molecule has 1 saturated carbocycles. The van der Waals surface area contributed by atoms with E-state index in [9.17, 15) is 21.6 Å². The number of carbonyl (C=O) groups excluding carboxylic acids is 1. The average Bonchev–Trinajstić information content (AvgIpc) is 3.50. The molecule has 0 heterocycles. The van der Waals surface area contributed by atoms with E-state index in [1.165, 1.54) is 24.3 Å². The third-order valence-electron chi connectivity index (χ3n) is 4.66. The van der Waals surface area contributed by atoms with Crippen LogP contribution in [-0.4, -0.2) is 41.9 Å². The Bertz CT molecular complexity index is 1140. The molecule has 8 nitrogen and oxygen atoms in total. The van der Waals surface area contributed by atoms with E-state index in [0.29, 0.717) is 5.56 Å². The Labute approximate surface area is 177 Å². The third-order valence-corrected chi connectivity index (χ3v) is 7.80. The maximum absolute atomic E-state index is 12.4. The van der Waals surface area contributed by atoms with Crippen LogP contribution >= 0.6 is 0 Å². The van der Waals surface area contributed by atoms with E-state index in [0.717, 1.165) is 18.4 Å². The summed E-state index contributed by atoms with van der Waals surface area (Å²) in [7, 11) is -7.25. The molecule has 0 radical (unpaired) electrons. The first kappa shape index (κ1) is 22.4. The second kappa shape index (κ2) is 8.84. The topological polar surface area (TPSA) is 121 Å². The highest BCUT2D eigenvalue weighted by molar-refractivity contribution is 7.89. The lowest BCUT2D eigenvalue weighted by atomic mass is 10.2. The van der Waals surface area contributed by atoms with E-state index in [2.05, 4.69) is 14.8 Å². The normalized spacial score (nSPS) is 14.5. The minimum absolute atomic E-state index is 0.00495. The number of sulfonamides is 2. The molecule has 2 aromatic carbocycles. The molecule has 1 aliphatic rings. The van der Waals surface area contributed by atoms with Crippen molar-refractivity contribution in [3.8, 4) is 0 Å². The van der Waals surface area contributed by atoms with Gasteiger partial charge in [-0.05, 0) is 68.1 Å². The molecule has 0 spiro atoms. The number of rotatable bonds is 9. The molecule has 3 N–H and O–H groups in total. The van der Waals surface area contributed by atoms with Crippen molar-refractivity contribution in [3.63, 3.8) is 0 Å². The zero-order chi connectivity index (χ0) is 21.9. The number of hydrogen-bond acceptors (Lipinski definition) is 5. The van der Waals surface area contributed by atoms with Gasteiger partial charge in [-0.25, -0.2) is 26.3 Å². The van der Waals surface area contributed by atoms with Gasteiger partial charge in [-0.15, -0.1) is 0 Å². The van der Waals surface area contributed by atoms with Crippen molar-refractivity contribution in [2.75, 3.05) is 13.1 Å². The van der Waals surface area contributed by atoms with E-state index in [1.54, 1.807) is 19.1 Å². The summed E-state index contributed by atoms with van der Waals surface area (Å²) in [5.74, 6) is -0.417. The largest absolute Gasteiger partial charge is 0.351 e. The Morgan fingerprint density at radius 3 is 2.23 bits per heavy atom. The van der Waals surface area contributed by atoms with Gasteiger partial charge in [0.05, 0.1) is 9.79 Å². The molecule has 3 rings (SSSR count). The van der Waals surface area contributed by atoms with E-state index < -0.39 is 26.0 Å². The number of benzene rings is 2. The Morgan fingerprint density at radius 2 is 1.60 bits per heavy atom. The van der Waals surface area contributed by atoms with E-state index in [-0.39, 0.29) is 34.5 Å². The fourth-order valence-corrected chi connectivity index (χ4v) is 5.48. The molecular weight excluding hydrogens is 426 g/mol. The van der Waals surface area contributed by atoms with Crippen LogP contribution in [0.4, 0.5) is 0 Å². The van der Waals surface area contributed by atoms with Crippen molar-refractivity contribution in [1.82, 2.24) is 14.8 Å². The van der Waals surface area contributed by atoms with Gasteiger partial charge in [0.1, 0.15) is 0 Å². The summed E-state index contributed by atoms with van der Waals surface area (Å²) in [6.07, 6.45) is 1.68. The van der Waals surface area contributed by atoms with Crippen molar-refractivity contribution in [2.45, 2.75) is 42.5 Å². The molecule has 162 valence electrons. The molecule has 0 bridgehead atoms. The summed E-state index contributed by atoms with van der Waals surface area (Å²) >= 11 is 0. The van der Waals surface area contributed by atoms with Gasteiger partial charge in [-0.1, -0.05) is 12.1 Å². The second-order valence-electron chi connectivity index (χ2n) is 7.34. The summed E-state index contributed by atoms with van der Waals surface area (Å²) in [6.45, 7) is 3.66. The lowest BCUT2D eigenvalue weighted by Crippen LogP contribution is -2.35. The fraction of sp³-hybridized carbons (Fsp3) is 0.350. The molecule has 1 aliphatic carbocycles. The van der Waals surface area contributed by atoms with Gasteiger partial charge in [0, 0.05) is 24.7 Å². The van der Waals surface area contributed by atoms with Gasteiger partial charge in [-0.2, -0.15) is 0 Å². The molecule has 0 aromatic heterocycles. The molecular formula is C20H25N3O5S2. The summed E-state index contributed by atoms with van der Waals surface area (Å²) in [5.41, 5.74) is 1.77. The van der Waals surface area contributed by atoms with Gasteiger partial charge >= 0.3 is 0 Å². The highest BCUT2D eigenvalue weighted by Crippen LogP contribution is 2.22. The summed E-state index contributed by atoms with van der Waals surface area (Å²) in [4.78, 5) is 12.6. The number of carbonyl (C=O) groups is 1. The molecule has 1 fully saturated rings. The zero-order valence-electron chi connectivity index (χ0n) is 16.8. The summed E-state index contributed by atoms with van der Waals surface area (Å²) in [6, 6.07) is 10.8. The van der Waals surface area contributed by atoms with Crippen molar-refractivity contribution in [2.24, 2.45) is 0 Å². The highest BCUT2D eigenvalue weighted by Gasteiger charge is 2.28. The van der Waals surface area contributed by atoms with Gasteiger partial charge in [0.15, 0.2) is 0 Å². The van der Waals surface area contributed by atoms with Crippen LogP contribution in [-0.2, 0) is 20.0 Å². The van der Waals surface area contributed by atoms with Gasteiger partial charge in [0.2, 0.25) is 20.0 Å². The maximum Gasteiger partial charge on any atom is 0.251 e. The van der Waals surface area contributed by atoms with Crippen LogP contribution < -0.4 is 14.8 Å². The molecule has 2 aromatic rings. The lowest BCUT2D eigenvalue weighted by Gasteiger charge is -2.11. The Hall–Kier alpha value is -2.27. The van der Waals surface area contributed by atoms with Crippen molar-refractivity contribution >= 4 is 26.0 Å². The first-order valence-corrected chi connectivity index (χ1v) is 12.5. The van der Waals surface area contributed by atoms with Crippen LogP contribution in [0.2, 0.25) is 0 Å². The standard InChI is InChI=1S/C20H25N3O5S2/c1-14-3-4-15(2)19(13-14)30(27,28)22-12-11-21-20(24)16-5-9-18(10-6-16)29(25,26)23-17-7-8-17/h3-6,9-10,13,17,22-23H,7-8,11-12H2,1-2H3,(H,21,24). The molecule has 0 unspecified atom stereocenters. The van der Waals surface area contributed by atoms with Crippen LogP contribution in [0.1, 0.15) is 34.3 Å². The first-order valence-electron chi connectivity index (χ1n) is 9.56. The highest BCUT2D eigenvalue weighted by atomic mass is 32.2. The molecule has 0 atom stereocenters. The van der Waals surface area contributed by atoms with E-state index in [4.69, 9.17) is 0 Å². The predicted octanol–water partition coefficient (Wildman–Crippen LogP) is 1.45. The van der Waals surface area contributed by atoms with Crippen molar-refractivity contribution in [1.29, 1.82) is 0 Å². The maximum atomic E-state index is 12.4. The lowest BCUT2D eigenvalue weighted by molar-refractivity contribution is 0.0954. The Balaban J connectivity index is 1.52. The Morgan fingerprint density at radius 1 is 0.933 bits per heavy atom. The second-order valence-corrected chi connectivity index (χ2v) is 10.8. The van der Waals surface area contributed by atoms with Crippen LogP contribution in [0.15, 0.2) is 52.3 Å². The van der Waals surface area contributed by atoms with Crippen molar-refractivity contribution in [3.05, 3.63) is 59.2 Å². The van der Waals surface area contributed by atoms with Gasteiger partial charge < -0.3 is 5.32 Å². The van der Waals surface area contributed by atoms with E-state index >= 15 is 0 Å². The average molecular weight is 452 g/mol. The van der Waals surface area contributed by atoms with Gasteiger partial charge in [-0.3, -0.25) is 4.79 Å². The molecule has 1 amide bonds. The summed E-state index contributed by atoms with van der Waals surface area (Å²) < 4.78 is 54.3. The number of aryl methyl sites for hydroxylation is 2. The van der Waals surface area contributed by atoms with Crippen LogP contribution in [0, 0.1) is 13.8 Å².